The number of phenols is 1. The van der Waals surface area contributed by atoms with E-state index >= 15 is 0 Å². The number of nitro groups is 1. The van der Waals surface area contributed by atoms with E-state index in [-0.39, 0.29) is 17.2 Å². The lowest BCUT2D eigenvalue weighted by Crippen LogP contribution is -1.93. The van der Waals surface area contributed by atoms with E-state index in [9.17, 15) is 15.2 Å². The van der Waals surface area contributed by atoms with Gasteiger partial charge in [0.15, 0.2) is 0 Å². The van der Waals surface area contributed by atoms with E-state index in [4.69, 9.17) is 4.74 Å². The predicted molar refractivity (Wildman–Crippen MR) is 73.1 cm³/mol. The molecule has 0 aliphatic heterocycles. The Bertz CT molecular complexity index is 598. The summed E-state index contributed by atoms with van der Waals surface area (Å²) in [4.78, 5) is 11.4. The summed E-state index contributed by atoms with van der Waals surface area (Å²) in [5.41, 5.74) is -0.188. The molecule has 0 aliphatic carbocycles. The van der Waals surface area contributed by atoms with Crippen molar-refractivity contribution in [2.75, 3.05) is 6.26 Å². The molecule has 0 heterocycles. The number of phenolic OH excluding ortho intramolecular Hbond substituents is 1. The van der Waals surface area contributed by atoms with Crippen LogP contribution in [-0.4, -0.2) is 16.3 Å². The minimum atomic E-state index is -0.551. The second-order valence-corrected chi connectivity index (χ2v) is 4.57. The third kappa shape index (κ3) is 3.17. The molecule has 2 aromatic rings. The number of aromatic hydroxyl groups is 1. The molecule has 0 atom stereocenters. The van der Waals surface area contributed by atoms with Crippen molar-refractivity contribution < 1.29 is 14.8 Å². The maximum Gasteiger partial charge on any atom is 0.311 e. The molecule has 0 radical (unpaired) electrons. The second-order valence-electron chi connectivity index (χ2n) is 3.69. The third-order valence-corrected chi connectivity index (χ3v) is 3.17. The first kappa shape index (κ1) is 13.2. The van der Waals surface area contributed by atoms with Crippen molar-refractivity contribution in [3.05, 3.63) is 52.6 Å². The van der Waals surface area contributed by atoms with Crippen molar-refractivity contribution in [3.8, 4) is 17.2 Å². The van der Waals surface area contributed by atoms with Crippen LogP contribution in [0, 0.1) is 10.1 Å². The fourth-order valence-electron chi connectivity index (χ4n) is 1.51. The molecule has 19 heavy (non-hydrogen) atoms. The van der Waals surface area contributed by atoms with Gasteiger partial charge in [0.1, 0.15) is 11.5 Å². The Morgan fingerprint density at radius 1 is 1.21 bits per heavy atom. The molecule has 0 spiro atoms. The minimum absolute atomic E-state index is 0.0156. The van der Waals surface area contributed by atoms with Gasteiger partial charge in [0.2, 0.25) is 5.75 Å². The average molecular weight is 277 g/mol. The Morgan fingerprint density at radius 2 is 1.89 bits per heavy atom. The summed E-state index contributed by atoms with van der Waals surface area (Å²) < 4.78 is 5.44. The maximum absolute atomic E-state index is 10.9. The SMILES string of the molecule is CSc1ccc(Oc2cc(O)ccc2[N+](=O)[O-])cc1. The molecule has 1 N–H and O–H groups in total. The van der Waals surface area contributed by atoms with Crippen molar-refractivity contribution in [2.45, 2.75) is 4.90 Å². The average Bonchev–Trinajstić information content (AvgIpc) is 2.39. The normalized spacial score (nSPS) is 10.2. The molecule has 0 amide bonds. The van der Waals surface area contributed by atoms with E-state index in [1.54, 1.807) is 23.9 Å². The fourth-order valence-corrected chi connectivity index (χ4v) is 1.91. The van der Waals surface area contributed by atoms with Gasteiger partial charge < -0.3 is 9.84 Å². The smallest absolute Gasteiger partial charge is 0.311 e. The number of hydrogen-bond acceptors (Lipinski definition) is 5. The van der Waals surface area contributed by atoms with Crippen LogP contribution in [0.2, 0.25) is 0 Å². The highest BCUT2D eigenvalue weighted by Crippen LogP contribution is 2.34. The summed E-state index contributed by atoms with van der Waals surface area (Å²) in [6, 6.07) is 10.8. The molecule has 0 bridgehead atoms. The number of benzene rings is 2. The summed E-state index contributed by atoms with van der Waals surface area (Å²) in [5.74, 6) is 0.412. The van der Waals surface area contributed by atoms with Gasteiger partial charge in [-0.05, 0) is 36.6 Å². The van der Waals surface area contributed by atoms with Gasteiger partial charge in [0.25, 0.3) is 0 Å². The lowest BCUT2D eigenvalue weighted by atomic mass is 10.2. The Balaban J connectivity index is 2.31. The summed E-state index contributed by atoms with van der Waals surface area (Å²) in [5, 5.41) is 20.2. The summed E-state index contributed by atoms with van der Waals surface area (Å²) in [6.45, 7) is 0. The predicted octanol–water partition coefficient (Wildman–Crippen LogP) is 3.81. The number of nitrogens with zero attached hydrogens (tertiary/aromatic N) is 1. The quantitative estimate of drug-likeness (QED) is 0.522. The second kappa shape index (κ2) is 5.62. The minimum Gasteiger partial charge on any atom is -0.508 e. The molecule has 0 fully saturated rings. The van der Waals surface area contributed by atoms with Crippen LogP contribution in [0.4, 0.5) is 5.69 Å². The summed E-state index contributed by atoms with van der Waals surface area (Å²) in [6.07, 6.45) is 1.95. The van der Waals surface area contributed by atoms with Crippen molar-refractivity contribution >= 4 is 17.4 Å². The molecule has 6 heteroatoms. The number of nitro benzene ring substituents is 1. The molecule has 0 aromatic heterocycles. The molecule has 0 aliphatic rings. The van der Waals surface area contributed by atoms with Gasteiger partial charge in [0.05, 0.1) is 4.92 Å². The van der Waals surface area contributed by atoms with Crippen LogP contribution in [0.15, 0.2) is 47.4 Å². The summed E-state index contributed by atoms with van der Waals surface area (Å²) in [7, 11) is 0. The zero-order valence-electron chi connectivity index (χ0n) is 10.1. The van der Waals surface area contributed by atoms with E-state index in [0.717, 1.165) is 4.90 Å². The number of rotatable bonds is 4. The van der Waals surface area contributed by atoms with Crippen molar-refractivity contribution in [2.24, 2.45) is 0 Å². The number of ether oxygens (including phenoxy) is 1. The molecular formula is C13H11NO4S. The monoisotopic (exact) mass is 277 g/mol. The van der Waals surface area contributed by atoms with E-state index in [1.165, 1.54) is 18.2 Å². The van der Waals surface area contributed by atoms with Gasteiger partial charge in [0, 0.05) is 17.0 Å². The van der Waals surface area contributed by atoms with Crippen molar-refractivity contribution in [3.63, 3.8) is 0 Å². The first-order valence-corrected chi connectivity index (χ1v) is 6.62. The topological polar surface area (TPSA) is 72.6 Å². The zero-order valence-corrected chi connectivity index (χ0v) is 10.9. The molecular weight excluding hydrogens is 266 g/mol. The highest BCUT2D eigenvalue weighted by molar-refractivity contribution is 7.98. The molecule has 5 nitrogen and oxygen atoms in total. The zero-order chi connectivity index (χ0) is 13.8. The van der Waals surface area contributed by atoms with Gasteiger partial charge in [-0.1, -0.05) is 0 Å². The third-order valence-electron chi connectivity index (χ3n) is 2.43. The standard InChI is InChI=1S/C13H11NO4S/c1-19-11-5-3-10(4-6-11)18-13-8-9(15)2-7-12(13)14(16)17/h2-8,15H,1H3. The van der Waals surface area contributed by atoms with Gasteiger partial charge >= 0.3 is 5.69 Å². The Kier molecular flexibility index (Phi) is 3.91. The first-order chi connectivity index (χ1) is 9.10. The van der Waals surface area contributed by atoms with Crippen LogP contribution >= 0.6 is 11.8 Å². The van der Waals surface area contributed by atoms with E-state index in [0.29, 0.717) is 5.75 Å². The van der Waals surface area contributed by atoms with Crippen LogP contribution in [0.5, 0.6) is 17.2 Å². The lowest BCUT2D eigenvalue weighted by Gasteiger charge is -2.07. The molecule has 2 rings (SSSR count). The van der Waals surface area contributed by atoms with Crippen LogP contribution in [0.1, 0.15) is 0 Å². The number of thioether (sulfide) groups is 1. The fraction of sp³-hybridized carbons (Fsp3) is 0.0769. The van der Waals surface area contributed by atoms with Gasteiger partial charge in [-0.2, -0.15) is 0 Å². The van der Waals surface area contributed by atoms with Crippen LogP contribution in [-0.2, 0) is 0 Å². The maximum atomic E-state index is 10.9. The highest BCUT2D eigenvalue weighted by Gasteiger charge is 2.16. The van der Waals surface area contributed by atoms with Gasteiger partial charge in [-0.25, -0.2) is 0 Å². The Labute approximate surface area is 114 Å². The molecule has 0 saturated carbocycles. The molecule has 2 aromatic carbocycles. The summed E-state index contributed by atoms with van der Waals surface area (Å²) >= 11 is 1.59. The highest BCUT2D eigenvalue weighted by atomic mass is 32.2. The Morgan fingerprint density at radius 3 is 2.47 bits per heavy atom. The van der Waals surface area contributed by atoms with Crippen LogP contribution in [0.3, 0.4) is 0 Å². The van der Waals surface area contributed by atoms with Gasteiger partial charge in [-0.3, -0.25) is 10.1 Å². The van der Waals surface area contributed by atoms with Gasteiger partial charge in [-0.15, -0.1) is 11.8 Å². The molecule has 0 unspecified atom stereocenters. The van der Waals surface area contributed by atoms with E-state index in [2.05, 4.69) is 0 Å². The van der Waals surface area contributed by atoms with Crippen molar-refractivity contribution in [1.82, 2.24) is 0 Å². The van der Waals surface area contributed by atoms with Crippen LogP contribution in [0.25, 0.3) is 0 Å². The number of hydrogen-bond donors (Lipinski definition) is 1. The largest absolute Gasteiger partial charge is 0.508 e. The van der Waals surface area contributed by atoms with E-state index in [1.807, 2.05) is 18.4 Å². The first-order valence-electron chi connectivity index (χ1n) is 5.39. The Hall–Kier alpha value is -2.21. The molecule has 98 valence electrons. The van der Waals surface area contributed by atoms with Crippen LogP contribution < -0.4 is 4.74 Å². The van der Waals surface area contributed by atoms with Crippen molar-refractivity contribution in [1.29, 1.82) is 0 Å². The lowest BCUT2D eigenvalue weighted by molar-refractivity contribution is -0.385. The van der Waals surface area contributed by atoms with E-state index < -0.39 is 4.92 Å². The molecule has 0 saturated heterocycles.